The van der Waals surface area contributed by atoms with Crippen molar-refractivity contribution >= 4 is 22.4 Å². The highest BCUT2D eigenvalue weighted by Crippen LogP contribution is 2.23. The molecule has 0 saturated heterocycles. The molecule has 19 heavy (non-hydrogen) atoms. The maximum absolute atomic E-state index is 11.5. The van der Waals surface area contributed by atoms with Crippen LogP contribution in [0.3, 0.4) is 0 Å². The molecule has 6 nitrogen and oxygen atoms in total. The third kappa shape index (κ3) is 3.31. The van der Waals surface area contributed by atoms with Crippen LogP contribution in [0.25, 0.3) is 0 Å². The number of hydrogen-bond acceptors (Lipinski definition) is 6. The predicted molar refractivity (Wildman–Crippen MR) is 73.5 cm³/mol. The van der Waals surface area contributed by atoms with E-state index >= 15 is 0 Å². The normalized spacial score (nSPS) is 12.2. The van der Waals surface area contributed by atoms with Gasteiger partial charge in [0.25, 0.3) is 0 Å². The van der Waals surface area contributed by atoms with E-state index in [2.05, 4.69) is 15.4 Å². The van der Waals surface area contributed by atoms with Crippen LogP contribution in [-0.2, 0) is 11.3 Å². The monoisotopic (exact) mass is 280 g/mol. The van der Waals surface area contributed by atoms with Crippen LogP contribution in [0.15, 0.2) is 18.5 Å². The second-order valence-corrected chi connectivity index (χ2v) is 5.20. The van der Waals surface area contributed by atoms with E-state index in [1.807, 2.05) is 23.9 Å². The van der Waals surface area contributed by atoms with Crippen molar-refractivity contribution < 1.29 is 9.53 Å². The standard InChI is InChI=1S/C12H16N4O2S/c1-8(7-16-6-4-5-13-16)14-12-15-9(2)10(19-12)11(17)18-3/h4-6,8H,7H2,1-3H3,(H,14,15). The third-order valence-corrected chi connectivity index (χ3v) is 3.63. The Balaban J connectivity index is 2.01. The third-order valence-electron chi connectivity index (χ3n) is 2.56. The molecule has 1 atom stereocenters. The molecule has 1 N–H and O–H groups in total. The fourth-order valence-electron chi connectivity index (χ4n) is 1.69. The van der Waals surface area contributed by atoms with Crippen molar-refractivity contribution in [2.45, 2.75) is 26.4 Å². The van der Waals surface area contributed by atoms with Gasteiger partial charge in [-0.15, -0.1) is 0 Å². The molecule has 0 saturated carbocycles. The molecule has 2 rings (SSSR count). The average Bonchev–Trinajstić information content (AvgIpc) is 2.98. The van der Waals surface area contributed by atoms with Crippen molar-refractivity contribution in [3.8, 4) is 0 Å². The van der Waals surface area contributed by atoms with Gasteiger partial charge in [-0.3, -0.25) is 4.68 Å². The summed E-state index contributed by atoms with van der Waals surface area (Å²) in [5.74, 6) is -0.345. The Bertz CT molecular complexity index is 550. The van der Waals surface area contributed by atoms with Gasteiger partial charge in [0.2, 0.25) is 0 Å². The fraction of sp³-hybridized carbons (Fsp3) is 0.417. The molecule has 0 bridgehead atoms. The Morgan fingerprint density at radius 1 is 1.63 bits per heavy atom. The van der Waals surface area contributed by atoms with E-state index in [1.54, 1.807) is 13.1 Å². The smallest absolute Gasteiger partial charge is 0.350 e. The predicted octanol–water partition coefficient (Wildman–Crippen LogP) is 1.94. The van der Waals surface area contributed by atoms with Crippen LogP contribution in [0.4, 0.5) is 5.13 Å². The molecular formula is C12H16N4O2S. The van der Waals surface area contributed by atoms with Crippen molar-refractivity contribution in [2.24, 2.45) is 0 Å². The van der Waals surface area contributed by atoms with E-state index in [0.29, 0.717) is 10.6 Å². The molecule has 0 aliphatic heterocycles. The molecule has 0 aliphatic rings. The zero-order chi connectivity index (χ0) is 13.8. The van der Waals surface area contributed by atoms with Gasteiger partial charge in [0, 0.05) is 18.4 Å². The lowest BCUT2D eigenvalue weighted by Gasteiger charge is -2.12. The number of methoxy groups -OCH3 is 1. The molecule has 2 heterocycles. The van der Waals surface area contributed by atoms with Crippen LogP contribution < -0.4 is 5.32 Å². The van der Waals surface area contributed by atoms with E-state index in [4.69, 9.17) is 4.74 Å². The average molecular weight is 280 g/mol. The molecule has 2 aromatic heterocycles. The second-order valence-electron chi connectivity index (χ2n) is 4.20. The van der Waals surface area contributed by atoms with Crippen molar-refractivity contribution in [1.29, 1.82) is 0 Å². The van der Waals surface area contributed by atoms with Gasteiger partial charge in [-0.05, 0) is 19.9 Å². The molecular weight excluding hydrogens is 264 g/mol. The lowest BCUT2D eigenvalue weighted by atomic mass is 10.3. The Morgan fingerprint density at radius 3 is 3.05 bits per heavy atom. The molecule has 0 aliphatic carbocycles. The van der Waals surface area contributed by atoms with Gasteiger partial charge in [-0.1, -0.05) is 11.3 Å². The van der Waals surface area contributed by atoms with Gasteiger partial charge in [0.15, 0.2) is 5.13 Å². The van der Waals surface area contributed by atoms with Crippen LogP contribution in [0, 0.1) is 6.92 Å². The number of thiazole rings is 1. The first-order valence-electron chi connectivity index (χ1n) is 5.90. The number of rotatable bonds is 5. The highest BCUT2D eigenvalue weighted by atomic mass is 32.1. The van der Waals surface area contributed by atoms with Gasteiger partial charge in [0.1, 0.15) is 4.88 Å². The summed E-state index contributed by atoms with van der Waals surface area (Å²) in [5.41, 5.74) is 0.686. The maximum atomic E-state index is 11.5. The number of carbonyl (C=O) groups is 1. The van der Waals surface area contributed by atoms with E-state index in [1.165, 1.54) is 18.4 Å². The minimum Gasteiger partial charge on any atom is -0.465 e. The first-order valence-corrected chi connectivity index (χ1v) is 6.71. The number of anilines is 1. The van der Waals surface area contributed by atoms with Gasteiger partial charge in [-0.2, -0.15) is 5.10 Å². The number of aromatic nitrogens is 3. The van der Waals surface area contributed by atoms with Gasteiger partial charge < -0.3 is 10.1 Å². The minimum absolute atomic E-state index is 0.163. The van der Waals surface area contributed by atoms with E-state index < -0.39 is 0 Å². The molecule has 0 spiro atoms. The van der Waals surface area contributed by atoms with E-state index in [-0.39, 0.29) is 12.0 Å². The van der Waals surface area contributed by atoms with Crippen molar-refractivity contribution in [2.75, 3.05) is 12.4 Å². The first-order chi connectivity index (χ1) is 9.10. The molecule has 1 unspecified atom stereocenters. The summed E-state index contributed by atoms with van der Waals surface area (Å²) in [6.07, 6.45) is 3.65. The number of esters is 1. The first kappa shape index (κ1) is 13.5. The Kier molecular flexibility index (Phi) is 4.16. The summed E-state index contributed by atoms with van der Waals surface area (Å²) < 4.78 is 6.56. The Labute approximate surface area is 115 Å². The highest BCUT2D eigenvalue weighted by Gasteiger charge is 2.16. The zero-order valence-corrected chi connectivity index (χ0v) is 11.9. The molecule has 102 valence electrons. The number of nitrogens with zero attached hydrogens (tertiary/aromatic N) is 3. The van der Waals surface area contributed by atoms with Crippen molar-refractivity contribution in [3.05, 3.63) is 29.0 Å². The van der Waals surface area contributed by atoms with Crippen molar-refractivity contribution in [1.82, 2.24) is 14.8 Å². The number of aryl methyl sites for hydroxylation is 1. The highest BCUT2D eigenvalue weighted by molar-refractivity contribution is 7.17. The number of nitrogens with one attached hydrogen (secondary N) is 1. The van der Waals surface area contributed by atoms with Crippen LogP contribution in [0.5, 0.6) is 0 Å². The van der Waals surface area contributed by atoms with Crippen LogP contribution in [-0.4, -0.2) is 33.9 Å². The molecule has 0 fully saturated rings. The SMILES string of the molecule is COC(=O)c1sc(NC(C)Cn2cccn2)nc1C. The minimum atomic E-state index is -0.345. The molecule has 0 aromatic carbocycles. The summed E-state index contributed by atoms with van der Waals surface area (Å²) >= 11 is 1.31. The summed E-state index contributed by atoms with van der Waals surface area (Å²) in [7, 11) is 1.37. The van der Waals surface area contributed by atoms with E-state index in [0.717, 1.165) is 11.7 Å². The topological polar surface area (TPSA) is 69.0 Å². The summed E-state index contributed by atoms with van der Waals surface area (Å²) in [6.45, 7) is 4.57. The zero-order valence-electron chi connectivity index (χ0n) is 11.1. The van der Waals surface area contributed by atoms with Gasteiger partial charge in [0.05, 0.1) is 19.3 Å². The Hall–Kier alpha value is -1.89. The van der Waals surface area contributed by atoms with Crippen molar-refractivity contribution in [3.63, 3.8) is 0 Å². The van der Waals surface area contributed by atoms with Gasteiger partial charge in [-0.25, -0.2) is 9.78 Å². The lowest BCUT2D eigenvalue weighted by molar-refractivity contribution is 0.0605. The van der Waals surface area contributed by atoms with Crippen LogP contribution in [0.1, 0.15) is 22.3 Å². The quantitative estimate of drug-likeness (QED) is 0.848. The van der Waals surface area contributed by atoms with Crippen LogP contribution >= 0.6 is 11.3 Å². The fourth-order valence-corrected chi connectivity index (χ4v) is 2.68. The largest absolute Gasteiger partial charge is 0.465 e. The summed E-state index contributed by atoms with van der Waals surface area (Å²) in [4.78, 5) is 16.4. The molecule has 7 heteroatoms. The second kappa shape index (κ2) is 5.83. The molecule has 2 aromatic rings. The maximum Gasteiger partial charge on any atom is 0.350 e. The number of hydrogen-bond donors (Lipinski definition) is 1. The lowest BCUT2D eigenvalue weighted by Crippen LogP contribution is -2.22. The Morgan fingerprint density at radius 2 is 2.42 bits per heavy atom. The van der Waals surface area contributed by atoms with Crippen LogP contribution in [0.2, 0.25) is 0 Å². The molecule has 0 amide bonds. The summed E-state index contributed by atoms with van der Waals surface area (Å²) in [5, 5.41) is 8.13. The number of ether oxygens (including phenoxy) is 1. The number of carbonyl (C=O) groups excluding carboxylic acids is 1. The van der Waals surface area contributed by atoms with E-state index in [9.17, 15) is 4.79 Å². The molecule has 0 radical (unpaired) electrons. The van der Waals surface area contributed by atoms with Gasteiger partial charge >= 0.3 is 5.97 Å². The summed E-state index contributed by atoms with van der Waals surface area (Å²) in [6, 6.07) is 2.05.